The molecule has 0 radical (unpaired) electrons. The van der Waals surface area contributed by atoms with E-state index in [2.05, 4.69) is 0 Å². The Hall–Kier alpha value is -1.59. The van der Waals surface area contributed by atoms with Crippen LogP contribution in [0.3, 0.4) is 0 Å². The lowest BCUT2D eigenvalue weighted by molar-refractivity contribution is -0.140. The van der Waals surface area contributed by atoms with Crippen molar-refractivity contribution < 1.29 is 19.5 Å². The summed E-state index contributed by atoms with van der Waals surface area (Å²) in [5.74, 6) is -0.848. The van der Waals surface area contributed by atoms with Crippen LogP contribution in [0.25, 0.3) is 0 Å². The second-order valence-electron chi connectivity index (χ2n) is 8.17. The van der Waals surface area contributed by atoms with Crippen molar-refractivity contribution in [3.8, 4) is 0 Å². The van der Waals surface area contributed by atoms with E-state index in [-0.39, 0.29) is 29.1 Å². The Labute approximate surface area is 142 Å². The van der Waals surface area contributed by atoms with Crippen molar-refractivity contribution in [2.75, 3.05) is 19.6 Å². The summed E-state index contributed by atoms with van der Waals surface area (Å²) >= 11 is 0. The van der Waals surface area contributed by atoms with Gasteiger partial charge in [0.15, 0.2) is 0 Å². The average molecular weight is 334 g/mol. The molecule has 4 fully saturated rings. The lowest BCUT2D eigenvalue weighted by Gasteiger charge is -2.34. The molecule has 2 heterocycles. The van der Waals surface area contributed by atoms with Crippen LogP contribution in [-0.2, 0) is 14.4 Å². The van der Waals surface area contributed by atoms with E-state index in [9.17, 15) is 14.4 Å². The Morgan fingerprint density at radius 1 is 1.12 bits per heavy atom. The zero-order valence-corrected chi connectivity index (χ0v) is 14.1. The first kappa shape index (κ1) is 15.9. The molecule has 0 bridgehead atoms. The van der Waals surface area contributed by atoms with E-state index in [0.29, 0.717) is 32.1 Å². The van der Waals surface area contributed by atoms with E-state index in [1.807, 2.05) is 9.80 Å². The number of carboxylic acids is 1. The number of hydrogen-bond acceptors (Lipinski definition) is 3. The predicted molar refractivity (Wildman–Crippen MR) is 86.1 cm³/mol. The highest BCUT2D eigenvalue weighted by molar-refractivity contribution is 5.89. The molecule has 2 amide bonds. The SMILES string of the molecule is O=C(O)C1CC12CCN(C(=O)C1CC(=O)N(C3CCCC3)C1)CC2. The van der Waals surface area contributed by atoms with Crippen LogP contribution in [-0.4, -0.2) is 58.4 Å². The largest absolute Gasteiger partial charge is 0.481 e. The zero-order valence-electron chi connectivity index (χ0n) is 14.1. The fourth-order valence-corrected chi connectivity index (χ4v) is 5.15. The molecule has 1 spiro atoms. The second kappa shape index (κ2) is 5.74. The number of hydrogen-bond donors (Lipinski definition) is 1. The molecular formula is C18H26N2O4. The third kappa shape index (κ3) is 2.60. The van der Waals surface area contributed by atoms with E-state index in [1.54, 1.807) is 0 Å². The van der Waals surface area contributed by atoms with Gasteiger partial charge in [-0.3, -0.25) is 14.4 Å². The van der Waals surface area contributed by atoms with Gasteiger partial charge < -0.3 is 14.9 Å². The van der Waals surface area contributed by atoms with Crippen LogP contribution in [0, 0.1) is 17.3 Å². The van der Waals surface area contributed by atoms with Gasteiger partial charge in [0.05, 0.1) is 11.8 Å². The topological polar surface area (TPSA) is 77.9 Å². The summed E-state index contributed by atoms with van der Waals surface area (Å²) in [6, 6.07) is 0.350. The fraction of sp³-hybridized carbons (Fsp3) is 0.833. The lowest BCUT2D eigenvalue weighted by Crippen LogP contribution is -2.44. The van der Waals surface area contributed by atoms with Crippen molar-refractivity contribution >= 4 is 17.8 Å². The van der Waals surface area contributed by atoms with Gasteiger partial charge in [0, 0.05) is 32.1 Å². The molecule has 24 heavy (non-hydrogen) atoms. The van der Waals surface area contributed by atoms with Crippen molar-refractivity contribution in [3.05, 3.63) is 0 Å². The number of likely N-dealkylation sites (tertiary alicyclic amines) is 2. The first-order chi connectivity index (χ1) is 11.5. The molecule has 2 aliphatic heterocycles. The minimum Gasteiger partial charge on any atom is -0.481 e. The maximum atomic E-state index is 12.8. The zero-order chi connectivity index (χ0) is 16.9. The van der Waals surface area contributed by atoms with Crippen LogP contribution in [0.2, 0.25) is 0 Å². The highest BCUT2D eigenvalue weighted by Crippen LogP contribution is 2.59. The molecule has 4 rings (SSSR count). The van der Waals surface area contributed by atoms with Crippen LogP contribution in [0.15, 0.2) is 0 Å². The number of nitrogens with zero attached hydrogens (tertiary/aromatic N) is 2. The molecular weight excluding hydrogens is 308 g/mol. The Bertz CT molecular complexity index is 561. The third-order valence-corrected chi connectivity index (χ3v) is 6.83. The summed E-state index contributed by atoms with van der Waals surface area (Å²) in [4.78, 5) is 40.0. The Kier molecular flexibility index (Phi) is 3.81. The van der Waals surface area contributed by atoms with Gasteiger partial charge in [0.1, 0.15) is 0 Å². The van der Waals surface area contributed by atoms with Crippen molar-refractivity contribution in [2.45, 2.75) is 57.4 Å². The molecule has 2 unspecified atom stereocenters. The Morgan fingerprint density at radius 2 is 1.79 bits per heavy atom. The quantitative estimate of drug-likeness (QED) is 0.848. The van der Waals surface area contributed by atoms with Crippen molar-refractivity contribution in [1.82, 2.24) is 9.80 Å². The van der Waals surface area contributed by atoms with Gasteiger partial charge in [-0.2, -0.15) is 0 Å². The minimum absolute atomic E-state index is 0.0516. The second-order valence-corrected chi connectivity index (χ2v) is 8.17. The molecule has 1 N–H and O–H groups in total. The average Bonchev–Trinajstić information content (AvgIpc) is 2.93. The maximum Gasteiger partial charge on any atom is 0.307 e. The molecule has 0 aromatic rings. The number of aliphatic carboxylic acids is 1. The summed E-state index contributed by atoms with van der Waals surface area (Å²) in [6.07, 6.45) is 7.24. The number of carbonyl (C=O) groups excluding carboxylic acids is 2. The molecule has 6 nitrogen and oxygen atoms in total. The van der Waals surface area contributed by atoms with Gasteiger partial charge in [0.25, 0.3) is 0 Å². The van der Waals surface area contributed by atoms with Gasteiger partial charge in [-0.1, -0.05) is 12.8 Å². The van der Waals surface area contributed by atoms with E-state index in [4.69, 9.17) is 5.11 Å². The molecule has 2 saturated carbocycles. The normalized spacial score (nSPS) is 32.6. The highest BCUT2D eigenvalue weighted by Gasteiger charge is 2.59. The van der Waals surface area contributed by atoms with Crippen LogP contribution in [0.4, 0.5) is 0 Å². The van der Waals surface area contributed by atoms with Gasteiger partial charge in [-0.15, -0.1) is 0 Å². The molecule has 2 saturated heterocycles. The summed E-state index contributed by atoms with van der Waals surface area (Å²) in [6.45, 7) is 1.88. The summed E-state index contributed by atoms with van der Waals surface area (Å²) in [5, 5.41) is 9.16. The molecule has 0 aromatic heterocycles. The van der Waals surface area contributed by atoms with E-state index in [1.165, 1.54) is 12.8 Å². The van der Waals surface area contributed by atoms with Crippen molar-refractivity contribution in [2.24, 2.45) is 17.3 Å². The van der Waals surface area contributed by atoms with E-state index < -0.39 is 5.97 Å². The lowest BCUT2D eigenvalue weighted by atomic mass is 9.90. The maximum absolute atomic E-state index is 12.8. The highest BCUT2D eigenvalue weighted by atomic mass is 16.4. The van der Waals surface area contributed by atoms with Gasteiger partial charge in [0.2, 0.25) is 11.8 Å². The Balaban J connectivity index is 1.32. The van der Waals surface area contributed by atoms with Gasteiger partial charge in [-0.05, 0) is 37.5 Å². The number of carbonyl (C=O) groups is 3. The number of amides is 2. The molecule has 2 atom stereocenters. The van der Waals surface area contributed by atoms with Crippen molar-refractivity contribution in [3.63, 3.8) is 0 Å². The monoisotopic (exact) mass is 334 g/mol. The molecule has 0 aromatic carbocycles. The van der Waals surface area contributed by atoms with Crippen LogP contribution in [0.5, 0.6) is 0 Å². The first-order valence-electron chi connectivity index (χ1n) is 9.31. The number of rotatable bonds is 3. The fourth-order valence-electron chi connectivity index (χ4n) is 5.15. The standard InChI is InChI=1S/C18H26N2O4/c21-15-9-12(11-20(15)13-3-1-2-4-13)16(22)19-7-5-18(6-8-19)10-14(18)17(23)24/h12-14H,1-11H2,(H,23,24). The van der Waals surface area contributed by atoms with Crippen LogP contribution in [0.1, 0.15) is 51.4 Å². The van der Waals surface area contributed by atoms with E-state index in [0.717, 1.165) is 32.1 Å². The van der Waals surface area contributed by atoms with Gasteiger partial charge >= 0.3 is 5.97 Å². The number of carboxylic acid groups (broad SMARTS) is 1. The van der Waals surface area contributed by atoms with Crippen LogP contribution < -0.4 is 0 Å². The first-order valence-corrected chi connectivity index (χ1v) is 9.31. The van der Waals surface area contributed by atoms with Crippen molar-refractivity contribution in [1.29, 1.82) is 0 Å². The molecule has 2 aliphatic carbocycles. The molecule has 6 heteroatoms. The smallest absolute Gasteiger partial charge is 0.307 e. The summed E-state index contributed by atoms with van der Waals surface area (Å²) < 4.78 is 0. The summed E-state index contributed by atoms with van der Waals surface area (Å²) in [7, 11) is 0. The summed E-state index contributed by atoms with van der Waals surface area (Å²) in [5.41, 5.74) is -0.0516. The van der Waals surface area contributed by atoms with Gasteiger partial charge in [-0.25, -0.2) is 0 Å². The minimum atomic E-state index is -0.691. The predicted octanol–water partition coefficient (Wildman–Crippen LogP) is 1.49. The van der Waals surface area contributed by atoms with Crippen LogP contribution >= 0.6 is 0 Å². The number of piperidine rings is 1. The molecule has 132 valence electrons. The third-order valence-electron chi connectivity index (χ3n) is 6.83. The molecule has 4 aliphatic rings. The Morgan fingerprint density at radius 3 is 2.38 bits per heavy atom. The van der Waals surface area contributed by atoms with E-state index >= 15 is 0 Å².